The number of nitrogens with zero attached hydrogens (tertiary/aromatic N) is 3. The molecular weight excluding hydrogens is 318 g/mol. The third kappa shape index (κ3) is 2.07. The molecular formula is C16H16ClN3OS. The lowest BCUT2D eigenvalue weighted by Crippen LogP contribution is -2.42. The van der Waals surface area contributed by atoms with Gasteiger partial charge in [0.2, 0.25) is 0 Å². The Kier molecular flexibility index (Phi) is 3.24. The Morgan fingerprint density at radius 2 is 2.23 bits per heavy atom. The zero-order valence-corrected chi connectivity index (χ0v) is 14.0. The van der Waals surface area contributed by atoms with Crippen molar-refractivity contribution >= 4 is 28.8 Å². The van der Waals surface area contributed by atoms with Gasteiger partial charge in [0.1, 0.15) is 4.88 Å². The predicted molar refractivity (Wildman–Crippen MR) is 86.5 cm³/mol. The summed E-state index contributed by atoms with van der Waals surface area (Å²) in [4.78, 5) is 24.7. The molecule has 0 unspecified atom stereocenters. The van der Waals surface area contributed by atoms with E-state index in [1.165, 1.54) is 11.3 Å². The van der Waals surface area contributed by atoms with Crippen molar-refractivity contribution in [1.29, 1.82) is 0 Å². The van der Waals surface area contributed by atoms with Crippen LogP contribution in [0.1, 0.15) is 50.5 Å². The van der Waals surface area contributed by atoms with E-state index in [2.05, 4.69) is 9.97 Å². The Bertz CT molecular complexity index is 773. The van der Waals surface area contributed by atoms with Gasteiger partial charge in [-0.1, -0.05) is 11.6 Å². The van der Waals surface area contributed by atoms with Gasteiger partial charge >= 0.3 is 0 Å². The number of thiazole rings is 1. The molecule has 0 N–H and O–H groups in total. The highest BCUT2D eigenvalue weighted by Crippen LogP contribution is 2.44. The van der Waals surface area contributed by atoms with Gasteiger partial charge in [-0.25, -0.2) is 4.98 Å². The fraction of sp³-hybridized carbons (Fsp3) is 0.438. The third-order valence-corrected chi connectivity index (χ3v) is 5.86. The number of hydrogen-bond acceptors (Lipinski definition) is 4. The SMILES string of the molecule is Cc1nc(C)c(C(=O)N2[C@H]3CC[C@@H]2c2cc(Cl)cnc2C3)s1. The number of carbonyl (C=O) groups is 1. The van der Waals surface area contributed by atoms with E-state index >= 15 is 0 Å². The summed E-state index contributed by atoms with van der Waals surface area (Å²) in [7, 11) is 0. The first-order chi connectivity index (χ1) is 10.5. The van der Waals surface area contributed by atoms with Crippen molar-refractivity contribution in [2.24, 2.45) is 0 Å². The van der Waals surface area contributed by atoms with Crippen LogP contribution >= 0.6 is 22.9 Å². The number of rotatable bonds is 1. The lowest BCUT2D eigenvalue weighted by atomic mass is 9.97. The second-order valence-corrected chi connectivity index (χ2v) is 7.64. The fourth-order valence-electron chi connectivity index (χ4n) is 3.71. The van der Waals surface area contributed by atoms with Gasteiger partial charge in [-0.15, -0.1) is 11.3 Å². The summed E-state index contributed by atoms with van der Waals surface area (Å²) < 4.78 is 0. The highest BCUT2D eigenvalue weighted by molar-refractivity contribution is 7.13. The Balaban J connectivity index is 1.75. The summed E-state index contributed by atoms with van der Waals surface area (Å²) >= 11 is 7.60. The van der Waals surface area contributed by atoms with Crippen molar-refractivity contribution in [2.75, 3.05) is 0 Å². The minimum atomic E-state index is 0.106. The third-order valence-electron chi connectivity index (χ3n) is 4.59. The van der Waals surface area contributed by atoms with Crippen LogP contribution in [0, 0.1) is 13.8 Å². The monoisotopic (exact) mass is 333 g/mol. The van der Waals surface area contributed by atoms with Crippen molar-refractivity contribution in [3.63, 3.8) is 0 Å². The first-order valence-corrected chi connectivity index (χ1v) is 8.65. The van der Waals surface area contributed by atoms with Gasteiger partial charge in [-0.05, 0) is 38.3 Å². The standard InChI is InChI=1S/C16H16ClN3OS/c1-8-15(22-9(2)19-8)16(21)20-11-3-4-14(20)12-5-10(17)7-18-13(12)6-11/h5,7,11,14H,3-4,6H2,1-2H3/t11-,14+/m0/s1. The van der Waals surface area contributed by atoms with Crippen molar-refractivity contribution in [1.82, 2.24) is 14.9 Å². The molecule has 2 aliphatic rings. The normalized spacial score (nSPS) is 22.8. The van der Waals surface area contributed by atoms with Crippen LogP contribution in [-0.4, -0.2) is 26.8 Å². The smallest absolute Gasteiger partial charge is 0.266 e. The van der Waals surface area contributed by atoms with Crippen LogP contribution < -0.4 is 0 Å². The van der Waals surface area contributed by atoms with E-state index in [4.69, 9.17) is 11.6 Å². The molecule has 22 heavy (non-hydrogen) atoms. The van der Waals surface area contributed by atoms with Crippen LogP contribution in [0.2, 0.25) is 5.02 Å². The molecule has 4 heterocycles. The number of carbonyl (C=O) groups excluding carboxylic acids is 1. The fourth-order valence-corrected chi connectivity index (χ4v) is 4.74. The van der Waals surface area contributed by atoms with Gasteiger partial charge in [0, 0.05) is 24.4 Å². The van der Waals surface area contributed by atoms with Crippen molar-refractivity contribution in [3.05, 3.63) is 44.1 Å². The Hall–Kier alpha value is -1.46. The summed E-state index contributed by atoms with van der Waals surface area (Å²) in [6.07, 6.45) is 4.54. The summed E-state index contributed by atoms with van der Waals surface area (Å²) in [5.41, 5.74) is 3.05. The van der Waals surface area contributed by atoms with Gasteiger partial charge in [0.05, 0.1) is 21.8 Å². The van der Waals surface area contributed by atoms with Gasteiger partial charge in [-0.3, -0.25) is 9.78 Å². The molecule has 2 aliphatic heterocycles. The highest BCUT2D eigenvalue weighted by atomic mass is 35.5. The zero-order chi connectivity index (χ0) is 15.4. The van der Waals surface area contributed by atoms with Crippen LogP contribution in [0.25, 0.3) is 0 Å². The molecule has 2 bridgehead atoms. The topological polar surface area (TPSA) is 46.1 Å². The van der Waals surface area contributed by atoms with Crippen molar-refractivity contribution in [3.8, 4) is 0 Å². The summed E-state index contributed by atoms with van der Waals surface area (Å²) in [5, 5.41) is 1.58. The molecule has 2 aromatic rings. The quantitative estimate of drug-likeness (QED) is 0.799. The van der Waals surface area contributed by atoms with Gasteiger partial charge in [0.15, 0.2) is 0 Å². The Labute approximate surface area is 138 Å². The minimum absolute atomic E-state index is 0.106. The molecule has 1 fully saturated rings. The molecule has 0 radical (unpaired) electrons. The molecule has 0 saturated carbocycles. The van der Waals surface area contributed by atoms with E-state index in [0.29, 0.717) is 5.02 Å². The molecule has 0 aliphatic carbocycles. The molecule has 6 heteroatoms. The van der Waals surface area contributed by atoms with E-state index in [1.807, 2.05) is 24.8 Å². The Morgan fingerprint density at radius 1 is 1.41 bits per heavy atom. The number of fused-ring (bicyclic) bond motifs is 4. The molecule has 2 aromatic heterocycles. The largest absolute Gasteiger partial charge is 0.327 e. The maximum absolute atomic E-state index is 13.0. The number of aryl methyl sites for hydroxylation is 2. The second kappa shape index (κ2) is 5.03. The average Bonchev–Trinajstić information content (AvgIpc) is 2.98. The molecule has 0 spiro atoms. The first-order valence-electron chi connectivity index (χ1n) is 7.45. The lowest BCUT2D eigenvalue weighted by Gasteiger charge is -2.35. The predicted octanol–water partition coefficient (Wildman–Crippen LogP) is 3.71. The van der Waals surface area contributed by atoms with Crippen LogP contribution in [0.4, 0.5) is 0 Å². The number of aromatic nitrogens is 2. The van der Waals surface area contributed by atoms with E-state index in [1.54, 1.807) is 6.20 Å². The van der Waals surface area contributed by atoms with Gasteiger partial charge < -0.3 is 4.90 Å². The second-order valence-electron chi connectivity index (χ2n) is 6.00. The maximum Gasteiger partial charge on any atom is 0.266 e. The number of halogens is 1. The zero-order valence-electron chi connectivity index (χ0n) is 12.5. The van der Waals surface area contributed by atoms with Crippen molar-refractivity contribution < 1.29 is 4.79 Å². The average molecular weight is 334 g/mol. The molecule has 114 valence electrons. The molecule has 1 saturated heterocycles. The maximum atomic E-state index is 13.0. The molecule has 2 atom stereocenters. The molecule has 4 rings (SSSR count). The van der Waals surface area contributed by atoms with E-state index in [9.17, 15) is 4.79 Å². The minimum Gasteiger partial charge on any atom is -0.327 e. The number of hydrogen-bond donors (Lipinski definition) is 0. The summed E-state index contributed by atoms with van der Waals surface area (Å²) in [6.45, 7) is 3.85. The van der Waals surface area contributed by atoms with Crippen LogP contribution in [0.3, 0.4) is 0 Å². The van der Waals surface area contributed by atoms with Crippen LogP contribution in [-0.2, 0) is 6.42 Å². The van der Waals surface area contributed by atoms with Gasteiger partial charge in [0.25, 0.3) is 5.91 Å². The summed E-state index contributed by atoms with van der Waals surface area (Å²) in [6, 6.07) is 2.33. The van der Waals surface area contributed by atoms with E-state index in [-0.39, 0.29) is 18.0 Å². The number of pyridine rings is 1. The van der Waals surface area contributed by atoms with E-state index < -0.39 is 0 Å². The first kappa shape index (κ1) is 14.2. The van der Waals surface area contributed by atoms with Crippen molar-refractivity contribution in [2.45, 2.75) is 45.2 Å². The van der Waals surface area contributed by atoms with Crippen LogP contribution in [0.15, 0.2) is 12.3 Å². The van der Waals surface area contributed by atoms with Gasteiger partial charge in [-0.2, -0.15) is 0 Å². The molecule has 1 amide bonds. The molecule has 4 nitrogen and oxygen atoms in total. The van der Waals surface area contributed by atoms with E-state index in [0.717, 1.165) is 46.1 Å². The highest BCUT2D eigenvalue weighted by Gasteiger charge is 2.44. The molecule has 0 aromatic carbocycles. The number of amides is 1. The summed E-state index contributed by atoms with van der Waals surface area (Å²) in [5.74, 6) is 0.112. The lowest BCUT2D eigenvalue weighted by molar-refractivity contribution is 0.0648. The van der Waals surface area contributed by atoms with Crippen LogP contribution in [0.5, 0.6) is 0 Å². The Morgan fingerprint density at radius 3 is 2.95 bits per heavy atom.